The molecule has 0 radical (unpaired) electrons. The van der Waals surface area contributed by atoms with Gasteiger partial charge in [0.1, 0.15) is 0 Å². The van der Waals surface area contributed by atoms with E-state index in [1.165, 1.54) is 23.9 Å². The Balaban J connectivity index is 0.00000133. The molecular formula is C15H20ClN3. The van der Waals surface area contributed by atoms with Crippen LogP contribution >= 0.6 is 12.4 Å². The highest BCUT2D eigenvalue weighted by Crippen LogP contribution is 2.20. The number of pyridine rings is 1. The van der Waals surface area contributed by atoms with E-state index in [1.54, 1.807) is 0 Å². The van der Waals surface area contributed by atoms with Crippen molar-refractivity contribution in [3.05, 3.63) is 36.0 Å². The molecule has 3 rings (SSSR count). The Morgan fingerprint density at radius 1 is 1.16 bits per heavy atom. The lowest BCUT2D eigenvalue weighted by molar-refractivity contribution is 0.479. The van der Waals surface area contributed by atoms with Crippen LogP contribution in [-0.2, 0) is 0 Å². The second kappa shape index (κ2) is 6.22. The van der Waals surface area contributed by atoms with Gasteiger partial charge in [-0.2, -0.15) is 0 Å². The molecule has 0 bridgehead atoms. The number of hydrogen-bond donors (Lipinski definition) is 2. The summed E-state index contributed by atoms with van der Waals surface area (Å²) in [6.07, 6.45) is 2.40. The molecule has 102 valence electrons. The Morgan fingerprint density at radius 3 is 2.74 bits per heavy atom. The number of aryl methyl sites for hydroxylation is 1. The van der Waals surface area contributed by atoms with Gasteiger partial charge in [0.05, 0.1) is 5.52 Å². The highest BCUT2D eigenvalue weighted by molar-refractivity contribution is 5.85. The zero-order chi connectivity index (χ0) is 12.4. The van der Waals surface area contributed by atoms with E-state index >= 15 is 0 Å². The van der Waals surface area contributed by atoms with Crippen LogP contribution in [0.5, 0.6) is 0 Å². The van der Waals surface area contributed by atoms with Crippen molar-refractivity contribution in [1.82, 2.24) is 10.3 Å². The molecule has 1 fully saturated rings. The van der Waals surface area contributed by atoms with Crippen molar-refractivity contribution in [3.63, 3.8) is 0 Å². The summed E-state index contributed by atoms with van der Waals surface area (Å²) in [5.74, 6) is 0. The molecule has 1 aromatic carbocycles. The van der Waals surface area contributed by atoms with E-state index in [2.05, 4.69) is 45.9 Å². The predicted octanol–water partition coefficient (Wildman–Crippen LogP) is 3.13. The van der Waals surface area contributed by atoms with Crippen molar-refractivity contribution in [1.29, 1.82) is 0 Å². The molecule has 1 aromatic heterocycles. The van der Waals surface area contributed by atoms with Crippen LogP contribution in [0, 0.1) is 6.92 Å². The lowest BCUT2D eigenvalue weighted by atomic mass is 10.1. The van der Waals surface area contributed by atoms with E-state index < -0.39 is 0 Å². The molecule has 0 unspecified atom stereocenters. The molecule has 0 saturated carbocycles. The molecule has 1 saturated heterocycles. The van der Waals surface area contributed by atoms with Crippen molar-refractivity contribution in [2.45, 2.75) is 25.8 Å². The fourth-order valence-electron chi connectivity index (χ4n) is 2.52. The Kier molecular flexibility index (Phi) is 4.61. The van der Waals surface area contributed by atoms with Crippen molar-refractivity contribution in [2.24, 2.45) is 0 Å². The standard InChI is InChI=1S/C15H19N3.ClH/c1-11-2-3-12-10-14(4-5-15(12)17-11)18-13-6-8-16-9-7-13;/h2-5,10,13,16,18H,6-9H2,1H3;1H. The third-order valence-electron chi connectivity index (χ3n) is 3.54. The van der Waals surface area contributed by atoms with Crippen molar-refractivity contribution >= 4 is 29.0 Å². The first-order chi connectivity index (χ1) is 8.81. The Hall–Kier alpha value is -1.32. The summed E-state index contributed by atoms with van der Waals surface area (Å²) in [4.78, 5) is 4.53. The van der Waals surface area contributed by atoms with Gasteiger partial charge in [0, 0.05) is 22.8 Å². The quantitative estimate of drug-likeness (QED) is 0.886. The van der Waals surface area contributed by atoms with Gasteiger partial charge in [-0.3, -0.25) is 4.98 Å². The molecular weight excluding hydrogens is 258 g/mol. The van der Waals surface area contributed by atoms with Crippen LogP contribution in [0.1, 0.15) is 18.5 Å². The molecule has 2 N–H and O–H groups in total. The normalized spacial score (nSPS) is 16.1. The van der Waals surface area contributed by atoms with Crippen molar-refractivity contribution < 1.29 is 0 Å². The first-order valence-corrected chi connectivity index (χ1v) is 6.66. The first kappa shape index (κ1) is 14.1. The number of nitrogens with zero attached hydrogens (tertiary/aromatic N) is 1. The van der Waals surface area contributed by atoms with Gasteiger partial charge >= 0.3 is 0 Å². The van der Waals surface area contributed by atoms with Gasteiger partial charge < -0.3 is 10.6 Å². The molecule has 0 spiro atoms. The summed E-state index contributed by atoms with van der Waals surface area (Å²) in [7, 11) is 0. The number of anilines is 1. The fraction of sp³-hybridized carbons (Fsp3) is 0.400. The molecule has 3 nitrogen and oxygen atoms in total. The minimum absolute atomic E-state index is 0. The largest absolute Gasteiger partial charge is 0.382 e. The number of hydrogen-bond acceptors (Lipinski definition) is 3. The topological polar surface area (TPSA) is 37.0 Å². The molecule has 0 atom stereocenters. The minimum Gasteiger partial charge on any atom is -0.382 e. The van der Waals surface area contributed by atoms with E-state index in [0.717, 1.165) is 24.3 Å². The van der Waals surface area contributed by atoms with Gasteiger partial charge in [-0.15, -0.1) is 12.4 Å². The maximum Gasteiger partial charge on any atom is 0.0706 e. The van der Waals surface area contributed by atoms with E-state index in [9.17, 15) is 0 Å². The number of aromatic nitrogens is 1. The number of nitrogens with one attached hydrogen (secondary N) is 2. The minimum atomic E-state index is 0. The maximum absolute atomic E-state index is 4.53. The summed E-state index contributed by atoms with van der Waals surface area (Å²) in [5, 5.41) is 8.21. The SMILES string of the molecule is Cc1ccc2cc(NC3CCNCC3)ccc2n1.Cl. The average Bonchev–Trinajstić information content (AvgIpc) is 2.40. The lowest BCUT2D eigenvalue weighted by Crippen LogP contribution is -2.35. The second-order valence-corrected chi connectivity index (χ2v) is 5.03. The summed E-state index contributed by atoms with van der Waals surface area (Å²) < 4.78 is 0. The molecule has 19 heavy (non-hydrogen) atoms. The number of benzene rings is 1. The van der Waals surface area contributed by atoms with Crippen LogP contribution in [0.25, 0.3) is 10.9 Å². The number of fused-ring (bicyclic) bond motifs is 1. The van der Waals surface area contributed by atoms with Crippen LogP contribution in [0.15, 0.2) is 30.3 Å². The Bertz CT molecular complexity index is 550. The molecule has 0 amide bonds. The number of rotatable bonds is 2. The van der Waals surface area contributed by atoms with E-state index in [-0.39, 0.29) is 12.4 Å². The molecule has 1 aliphatic heterocycles. The smallest absolute Gasteiger partial charge is 0.0706 e. The average molecular weight is 278 g/mol. The Morgan fingerprint density at radius 2 is 1.95 bits per heavy atom. The van der Waals surface area contributed by atoms with Gasteiger partial charge in [-0.05, 0) is 57.1 Å². The van der Waals surface area contributed by atoms with Crippen LogP contribution in [0.4, 0.5) is 5.69 Å². The number of piperidine rings is 1. The van der Waals surface area contributed by atoms with Gasteiger partial charge in [-0.1, -0.05) is 6.07 Å². The van der Waals surface area contributed by atoms with Crippen molar-refractivity contribution in [3.8, 4) is 0 Å². The molecule has 1 aliphatic rings. The number of halogens is 1. The predicted molar refractivity (Wildman–Crippen MR) is 83.2 cm³/mol. The van der Waals surface area contributed by atoms with Crippen LogP contribution in [0.3, 0.4) is 0 Å². The molecule has 2 aromatic rings. The zero-order valence-corrected chi connectivity index (χ0v) is 12.0. The van der Waals surface area contributed by atoms with E-state index in [4.69, 9.17) is 0 Å². The maximum atomic E-state index is 4.53. The van der Waals surface area contributed by atoms with E-state index in [1.807, 2.05) is 6.92 Å². The highest BCUT2D eigenvalue weighted by atomic mass is 35.5. The van der Waals surface area contributed by atoms with Gasteiger partial charge in [-0.25, -0.2) is 0 Å². The Labute approximate surface area is 120 Å². The van der Waals surface area contributed by atoms with Gasteiger partial charge in [0.2, 0.25) is 0 Å². The van der Waals surface area contributed by atoms with Crippen LogP contribution in [0.2, 0.25) is 0 Å². The highest BCUT2D eigenvalue weighted by Gasteiger charge is 2.12. The lowest BCUT2D eigenvalue weighted by Gasteiger charge is -2.24. The monoisotopic (exact) mass is 277 g/mol. The first-order valence-electron chi connectivity index (χ1n) is 6.66. The third kappa shape index (κ3) is 3.37. The summed E-state index contributed by atoms with van der Waals surface area (Å²) in [6.45, 7) is 4.26. The summed E-state index contributed by atoms with van der Waals surface area (Å²) >= 11 is 0. The van der Waals surface area contributed by atoms with Crippen LogP contribution in [-0.4, -0.2) is 24.1 Å². The summed E-state index contributed by atoms with van der Waals surface area (Å²) in [6, 6.07) is 11.2. The molecule has 0 aliphatic carbocycles. The fourth-order valence-corrected chi connectivity index (χ4v) is 2.52. The second-order valence-electron chi connectivity index (χ2n) is 5.03. The molecule has 2 heterocycles. The summed E-state index contributed by atoms with van der Waals surface area (Å²) in [5.41, 5.74) is 3.35. The van der Waals surface area contributed by atoms with Crippen molar-refractivity contribution in [2.75, 3.05) is 18.4 Å². The van der Waals surface area contributed by atoms with Gasteiger partial charge in [0.25, 0.3) is 0 Å². The van der Waals surface area contributed by atoms with Crippen LogP contribution < -0.4 is 10.6 Å². The third-order valence-corrected chi connectivity index (χ3v) is 3.54. The van der Waals surface area contributed by atoms with Gasteiger partial charge in [0.15, 0.2) is 0 Å². The van der Waals surface area contributed by atoms with E-state index in [0.29, 0.717) is 6.04 Å². The molecule has 4 heteroatoms. The zero-order valence-electron chi connectivity index (χ0n) is 11.1.